The van der Waals surface area contributed by atoms with Crippen molar-refractivity contribution in [3.8, 4) is 0 Å². The molecule has 0 spiro atoms. The van der Waals surface area contributed by atoms with Gasteiger partial charge in [-0.15, -0.1) is 0 Å². The Labute approximate surface area is 109 Å². The van der Waals surface area contributed by atoms with E-state index < -0.39 is 0 Å². The summed E-state index contributed by atoms with van der Waals surface area (Å²) in [6.07, 6.45) is 0.498. The molecule has 4 nitrogen and oxygen atoms in total. The van der Waals surface area contributed by atoms with Crippen LogP contribution < -0.4 is 10.6 Å². The Morgan fingerprint density at radius 2 is 2.06 bits per heavy atom. The fraction of sp³-hybridized carbons (Fsp3) is 0.571. The Morgan fingerprint density at radius 3 is 2.61 bits per heavy atom. The molecule has 1 unspecified atom stereocenters. The second-order valence-corrected chi connectivity index (χ2v) is 4.68. The number of carbonyl (C=O) groups is 1. The van der Waals surface area contributed by atoms with Gasteiger partial charge in [-0.2, -0.15) is 0 Å². The van der Waals surface area contributed by atoms with Crippen LogP contribution in [0.3, 0.4) is 0 Å². The van der Waals surface area contributed by atoms with E-state index in [1.54, 1.807) is 7.05 Å². The third-order valence-electron chi connectivity index (χ3n) is 3.10. The Hall–Kier alpha value is -1.42. The van der Waals surface area contributed by atoms with Crippen molar-refractivity contribution >= 4 is 5.91 Å². The lowest BCUT2D eigenvalue weighted by Crippen LogP contribution is -2.27. The van der Waals surface area contributed by atoms with Gasteiger partial charge in [0.15, 0.2) is 0 Å². The van der Waals surface area contributed by atoms with Crippen molar-refractivity contribution in [1.29, 1.82) is 0 Å². The van der Waals surface area contributed by atoms with E-state index in [1.807, 2.05) is 13.8 Å². The lowest BCUT2D eigenvalue weighted by Gasteiger charge is -2.19. The summed E-state index contributed by atoms with van der Waals surface area (Å²) in [6, 6.07) is 2.31. The minimum Gasteiger partial charge on any atom is -0.359 e. The average molecular weight is 249 g/mol. The molecule has 0 aliphatic rings. The number of pyridine rings is 1. The van der Waals surface area contributed by atoms with Gasteiger partial charge in [0.1, 0.15) is 0 Å². The molecule has 1 heterocycles. The Bertz CT molecular complexity index is 406. The van der Waals surface area contributed by atoms with E-state index in [4.69, 9.17) is 0 Å². The van der Waals surface area contributed by atoms with Crippen molar-refractivity contribution < 1.29 is 4.79 Å². The normalized spacial score (nSPS) is 12.3. The highest BCUT2D eigenvalue weighted by Crippen LogP contribution is 2.20. The number of nitrogens with zero attached hydrogens (tertiary/aromatic N) is 1. The Kier molecular flexibility index (Phi) is 5.28. The molecule has 0 aliphatic heterocycles. The summed E-state index contributed by atoms with van der Waals surface area (Å²) in [5.41, 5.74) is 4.59. The molecule has 1 amide bonds. The summed E-state index contributed by atoms with van der Waals surface area (Å²) in [5.74, 6) is 0.0603. The molecule has 1 atom stereocenters. The van der Waals surface area contributed by atoms with Gasteiger partial charge in [-0.1, -0.05) is 0 Å². The van der Waals surface area contributed by atoms with Crippen LogP contribution in [0.1, 0.15) is 41.9 Å². The number of rotatable bonds is 5. The van der Waals surface area contributed by atoms with Crippen molar-refractivity contribution in [2.24, 2.45) is 0 Å². The van der Waals surface area contributed by atoms with Gasteiger partial charge in [0.25, 0.3) is 0 Å². The van der Waals surface area contributed by atoms with E-state index >= 15 is 0 Å². The van der Waals surface area contributed by atoms with E-state index in [1.165, 1.54) is 11.1 Å². The zero-order chi connectivity index (χ0) is 13.7. The first kappa shape index (κ1) is 14.6. The quantitative estimate of drug-likeness (QED) is 0.836. The first-order valence-corrected chi connectivity index (χ1v) is 6.34. The van der Waals surface area contributed by atoms with E-state index in [-0.39, 0.29) is 11.9 Å². The standard InChI is InChI=1S/C14H23N3O/c1-9-8-10(2)17-12(4)14(9)11(3)16-7-6-13(18)15-5/h8,11,16H,6-7H2,1-5H3,(H,15,18). The highest BCUT2D eigenvalue weighted by atomic mass is 16.1. The molecule has 0 fully saturated rings. The summed E-state index contributed by atoms with van der Waals surface area (Å²) in [5, 5.41) is 5.98. The Morgan fingerprint density at radius 1 is 1.39 bits per heavy atom. The van der Waals surface area contributed by atoms with Crippen LogP contribution in [0.2, 0.25) is 0 Å². The minimum absolute atomic E-state index is 0.0603. The molecular weight excluding hydrogens is 226 g/mol. The lowest BCUT2D eigenvalue weighted by molar-refractivity contribution is -0.120. The fourth-order valence-electron chi connectivity index (χ4n) is 2.32. The van der Waals surface area contributed by atoms with Crippen LogP contribution >= 0.6 is 0 Å². The number of carbonyl (C=O) groups excluding carboxylic acids is 1. The molecule has 1 rings (SSSR count). The number of aromatic nitrogens is 1. The maximum absolute atomic E-state index is 11.1. The molecule has 1 aromatic rings. The van der Waals surface area contributed by atoms with Gasteiger partial charge in [0.05, 0.1) is 0 Å². The second kappa shape index (κ2) is 6.50. The predicted octanol–water partition coefficient (Wildman–Crippen LogP) is 1.79. The van der Waals surface area contributed by atoms with Crippen LogP contribution in [0, 0.1) is 20.8 Å². The van der Waals surface area contributed by atoms with Gasteiger partial charge >= 0.3 is 0 Å². The monoisotopic (exact) mass is 249 g/mol. The van der Waals surface area contributed by atoms with Crippen molar-refractivity contribution in [3.05, 3.63) is 28.6 Å². The maximum atomic E-state index is 11.1. The van der Waals surface area contributed by atoms with Crippen LogP contribution in [0.25, 0.3) is 0 Å². The molecule has 4 heteroatoms. The minimum atomic E-state index is 0.0603. The van der Waals surface area contributed by atoms with Crippen LogP contribution in [-0.4, -0.2) is 24.5 Å². The third-order valence-corrected chi connectivity index (χ3v) is 3.10. The van der Waals surface area contributed by atoms with Gasteiger partial charge in [0, 0.05) is 37.4 Å². The molecule has 0 aromatic carbocycles. The van der Waals surface area contributed by atoms with Gasteiger partial charge in [-0.25, -0.2) is 0 Å². The molecule has 1 aromatic heterocycles. The molecule has 0 saturated carbocycles. The predicted molar refractivity (Wildman–Crippen MR) is 73.5 cm³/mol. The zero-order valence-corrected chi connectivity index (χ0v) is 11.9. The highest BCUT2D eigenvalue weighted by molar-refractivity contribution is 5.75. The van der Waals surface area contributed by atoms with Gasteiger partial charge < -0.3 is 10.6 Å². The summed E-state index contributed by atoms with van der Waals surface area (Å²) >= 11 is 0. The molecule has 0 aliphatic carbocycles. The van der Waals surface area contributed by atoms with Crippen molar-refractivity contribution in [1.82, 2.24) is 15.6 Å². The maximum Gasteiger partial charge on any atom is 0.221 e. The Balaban J connectivity index is 2.67. The summed E-state index contributed by atoms with van der Waals surface area (Å²) < 4.78 is 0. The van der Waals surface area contributed by atoms with Crippen LogP contribution in [-0.2, 0) is 4.79 Å². The fourth-order valence-corrected chi connectivity index (χ4v) is 2.32. The van der Waals surface area contributed by atoms with E-state index in [2.05, 4.69) is 35.5 Å². The van der Waals surface area contributed by atoms with Gasteiger partial charge in [0.2, 0.25) is 5.91 Å². The lowest BCUT2D eigenvalue weighted by atomic mass is 10.0. The topological polar surface area (TPSA) is 54.0 Å². The van der Waals surface area contributed by atoms with Crippen molar-refractivity contribution in [2.45, 2.75) is 40.2 Å². The zero-order valence-electron chi connectivity index (χ0n) is 11.9. The second-order valence-electron chi connectivity index (χ2n) is 4.68. The highest BCUT2D eigenvalue weighted by Gasteiger charge is 2.12. The number of hydrogen-bond donors (Lipinski definition) is 2. The van der Waals surface area contributed by atoms with E-state index in [0.717, 1.165) is 11.4 Å². The van der Waals surface area contributed by atoms with Crippen LogP contribution in [0.4, 0.5) is 0 Å². The largest absolute Gasteiger partial charge is 0.359 e. The molecule has 18 heavy (non-hydrogen) atoms. The smallest absolute Gasteiger partial charge is 0.221 e. The van der Waals surface area contributed by atoms with Crippen molar-refractivity contribution in [2.75, 3.05) is 13.6 Å². The third kappa shape index (κ3) is 3.81. The summed E-state index contributed by atoms with van der Waals surface area (Å²) in [7, 11) is 1.66. The SMILES string of the molecule is CNC(=O)CCNC(C)c1c(C)cc(C)nc1C. The molecule has 0 bridgehead atoms. The van der Waals surface area contributed by atoms with Crippen molar-refractivity contribution in [3.63, 3.8) is 0 Å². The summed E-state index contributed by atoms with van der Waals surface area (Å²) in [4.78, 5) is 15.6. The summed E-state index contributed by atoms with van der Waals surface area (Å²) in [6.45, 7) is 8.93. The first-order chi connectivity index (χ1) is 8.45. The van der Waals surface area contributed by atoms with Gasteiger partial charge in [-0.05, 0) is 44.9 Å². The number of hydrogen-bond acceptors (Lipinski definition) is 3. The van der Waals surface area contributed by atoms with E-state index in [9.17, 15) is 4.79 Å². The number of aryl methyl sites for hydroxylation is 3. The molecule has 0 radical (unpaired) electrons. The number of nitrogens with one attached hydrogen (secondary N) is 2. The molecule has 2 N–H and O–H groups in total. The first-order valence-electron chi connectivity index (χ1n) is 6.34. The van der Waals surface area contributed by atoms with Gasteiger partial charge in [-0.3, -0.25) is 9.78 Å². The molecular formula is C14H23N3O. The molecule has 100 valence electrons. The average Bonchev–Trinajstić information content (AvgIpc) is 2.27. The van der Waals surface area contributed by atoms with Crippen LogP contribution in [0.15, 0.2) is 6.07 Å². The molecule has 0 saturated heterocycles. The van der Waals surface area contributed by atoms with E-state index in [0.29, 0.717) is 13.0 Å². The van der Waals surface area contributed by atoms with Crippen LogP contribution in [0.5, 0.6) is 0 Å². The number of amides is 1.